The number of thiophene rings is 1. The Hall–Kier alpha value is -0.520. The molecule has 2 rings (SSSR count). The van der Waals surface area contributed by atoms with E-state index >= 15 is 0 Å². The van der Waals surface area contributed by atoms with E-state index in [1.54, 1.807) is 23.1 Å². The van der Waals surface area contributed by atoms with Crippen molar-refractivity contribution in [3.8, 4) is 0 Å². The van der Waals surface area contributed by atoms with E-state index in [2.05, 4.69) is 0 Å². The molecule has 3 nitrogen and oxygen atoms in total. The van der Waals surface area contributed by atoms with Crippen LogP contribution in [0.3, 0.4) is 0 Å². The molecule has 2 heterocycles. The maximum Gasteiger partial charge on any atom is 0.232 e. The lowest BCUT2D eigenvalue weighted by Crippen LogP contribution is -2.40. The van der Waals surface area contributed by atoms with E-state index in [-0.39, 0.29) is 12.0 Å². The molecule has 1 aliphatic rings. The van der Waals surface area contributed by atoms with Crippen molar-refractivity contribution >= 4 is 29.0 Å². The van der Waals surface area contributed by atoms with Crippen molar-refractivity contribution in [1.82, 2.24) is 4.90 Å². The minimum absolute atomic E-state index is 0.185. The third-order valence-corrected chi connectivity index (χ3v) is 4.77. The van der Waals surface area contributed by atoms with Gasteiger partial charge in [0.25, 0.3) is 0 Å². The smallest absolute Gasteiger partial charge is 0.232 e. The van der Waals surface area contributed by atoms with E-state index in [1.807, 2.05) is 22.4 Å². The van der Waals surface area contributed by atoms with Gasteiger partial charge in [-0.1, -0.05) is 6.07 Å². The average Bonchev–Trinajstić information content (AvgIpc) is 2.80. The number of carbonyl (C=O) groups excluding carboxylic acids is 1. The molecule has 0 aromatic carbocycles. The van der Waals surface area contributed by atoms with Crippen molar-refractivity contribution in [3.63, 3.8) is 0 Å². The molecule has 1 saturated heterocycles. The number of piperidine rings is 1. The summed E-state index contributed by atoms with van der Waals surface area (Å²) in [6.07, 6.45) is 1.22. The maximum absolute atomic E-state index is 11.8. The lowest BCUT2D eigenvalue weighted by Gasteiger charge is -2.29. The Morgan fingerprint density at radius 1 is 1.56 bits per heavy atom. The molecule has 0 spiro atoms. The van der Waals surface area contributed by atoms with Crippen molar-refractivity contribution in [3.05, 3.63) is 17.5 Å². The van der Waals surface area contributed by atoms with E-state index in [0.717, 1.165) is 12.8 Å². The number of nitrogens with zero attached hydrogens (tertiary/aromatic N) is 1. The molecule has 0 aliphatic carbocycles. The molecular weight excluding hydrogens is 242 g/mol. The summed E-state index contributed by atoms with van der Waals surface area (Å²) >= 11 is 3.26. The van der Waals surface area contributed by atoms with Crippen LogP contribution in [0.2, 0.25) is 0 Å². The van der Waals surface area contributed by atoms with Crippen LogP contribution < -0.4 is 0 Å². The first-order chi connectivity index (χ1) is 7.75. The van der Waals surface area contributed by atoms with Crippen molar-refractivity contribution in [2.75, 3.05) is 18.8 Å². The zero-order valence-electron chi connectivity index (χ0n) is 8.96. The molecule has 1 fully saturated rings. The molecule has 1 N–H and O–H groups in total. The Bertz CT molecular complexity index is 332. The van der Waals surface area contributed by atoms with Gasteiger partial charge in [0.15, 0.2) is 0 Å². The summed E-state index contributed by atoms with van der Waals surface area (Å²) in [5, 5.41) is 11.4. The van der Waals surface area contributed by atoms with E-state index in [4.69, 9.17) is 0 Å². The number of amides is 1. The van der Waals surface area contributed by atoms with Crippen LogP contribution in [0, 0.1) is 0 Å². The van der Waals surface area contributed by atoms with Gasteiger partial charge in [-0.2, -0.15) is 0 Å². The SMILES string of the molecule is O=C(CSc1cccs1)N1CCC(O)CC1. The van der Waals surface area contributed by atoms with Gasteiger partial charge >= 0.3 is 0 Å². The van der Waals surface area contributed by atoms with Crippen LogP contribution in [-0.2, 0) is 4.79 Å². The minimum Gasteiger partial charge on any atom is -0.393 e. The summed E-state index contributed by atoms with van der Waals surface area (Å²) in [6.45, 7) is 1.40. The Kier molecular flexibility index (Phi) is 4.26. The molecular formula is C11H15NO2S2. The number of rotatable bonds is 3. The van der Waals surface area contributed by atoms with Gasteiger partial charge in [-0.15, -0.1) is 23.1 Å². The molecule has 16 heavy (non-hydrogen) atoms. The quantitative estimate of drug-likeness (QED) is 0.840. The van der Waals surface area contributed by atoms with Gasteiger partial charge < -0.3 is 10.0 Å². The van der Waals surface area contributed by atoms with Crippen LogP contribution in [0.1, 0.15) is 12.8 Å². The highest BCUT2D eigenvalue weighted by Crippen LogP contribution is 2.24. The normalized spacial score (nSPS) is 17.7. The molecule has 0 saturated carbocycles. The number of hydrogen-bond acceptors (Lipinski definition) is 4. The first-order valence-electron chi connectivity index (χ1n) is 5.38. The highest BCUT2D eigenvalue weighted by atomic mass is 32.2. The summed E-state index contributed by atoms with van der Waals surface area (Å²) in [6, 6.07) is 4.03. The Morgan fingerprint density at radius 2 is 2.31 bits per heavy atom. The second-order valence-electron chi connectivity index (χ2n) is 3.83. The van der Waals surface area contributed by atoms with Crippen molar-refractivity contribution < 1.29 is 9.90 Å². The predicted molar refractivity (Wildman–Crippen MR) is 66.9 cm³/mol. The monoisotopic (exact) mass is 257 g/mol. The first-order valence-corrected chi connectivity index (χ1v) is 7.24. The fourth-order valence-corrected chi connectivity index (χ4v) is 3.37. The molecule has 1 aromatic rings. The Morgan fingerprint density at radius 3 is 2.94 bits per heavy atom. The number of thioether (sulfide) groups is 1. The molecule has 5 heteroatoms. The zero-order valence-corrected chi connectivity index (χ0v) is 10.6. The standard InChI is InChI=1S/C11H15NO2S2/c13-9-3-5-12(6-4-9)10(14)8-16-11-2-1-7-15-11/h1-2,7,9,13H,3-6,8H2. The largest absolute Gasteiger partial charge is 0.393 e. The van der Waals surface area contributed by atoms with Crippen molar-refractivity contribution in [2.24, 2.45) is 0 Å². The predicted octanol–water partition coefficient (Wildman–Crippen LogP) is 1.82. The summed E-state index contributed by atoms with van der Waals surface area (Å²) in [5.74, 6) is 0.696. The molecule has 1 aromatic heterocycles. The van der Waals surface area contributed by atoms with Crippen LogP contribution in [-0.4, -0.2) is 40.9 Å². The number of carbonyl (C=O) groups is 1. The zero-order chi connectivity index (χ0) is 11.4. The number of aliphatic hydroxyl groups excluding tert-OH is 1. The molecule has 0 atom stereocenters. The summed E-state index contributed by atoms with van der Waals surface area (Å²) in [5.41, 5.74) is 0. The molecule has 88 valence electrons. The molecule has 0 unspecified atom stereocenters. The van der Waals surface area contributed by atoms with E-state index in [9.17, 15) is 9.90 Å². The van der Waals surface area contributed by atoms with Crippen LogP contribution in [0.4, 0.5) is 0 Å². The van der Waals surface area contributed by atoms with Gasteiger partial charge in [-0.05, 0) is 24.3 Å². The number of likely N-dealkylation sites (tertiary alicyclic amines) is 1. The second-order valence-corrected chi connectivity index (χ2v) is 6.06. The number of aliphatic hydroxyl groups is 1. The van der Waals surface area contributed by atoms with E-state index < -0.39 is 0 Å². The average molecular weight is 257 g/mol. The van der Waals surface area contributed by atoms with E-state index in [0.29, 0.717) is 18.8 Å². The van der Waals surface area contributed by atoms with Crippen LogP contribution in [0.25, 0.3) is 0 Å². The molecule has 1 aliphatic heterocycles. The highest BCUT2D eigenvalue weighted by molar-refractivity contribution is 8.01. The summed E-state index contributed by atoms with van der Waals surface area (Å²) in [7, 11) is 0. The van der Waals surface area contributed by atoms with Gasteiger partial charge in [0, 0.05) is 13.1 Å². The summed E-state index contributed by atoms with van der Waals surface area (Å²) < 4.78 is 1.19. The van der Waals surface area contributed by atoms with Gasteiger partial charge in [0.1, 0.15) is 0 Å². The lowest BCUT2D eigenvalue weighted by atomic mass is 10.1. The fourth-order valence-electron chi connectivity index (χ4n) is 1.69. The molecule has 0 bridgehead atoms. The maximum atomic E-state index is 11.8. The van der Waals surface area contributed by atoms with Gasteiger partial charge in [0.2, 0.25) is 5.91 Å². The molecule has 1 amide bonds. The van der Waals surface area contributed by atoms with Crippen molar-refractivity contribution in [2.45, 2.75) is 23.2 Å². The fraction of sp³-hybridized carbons (Fsp3) is 0.545. The van der Waals surface area contributed by atoms with E-state index in [1.165, 1.54) is 4.21 Å². The number of hydrogen-bond donors (Lipinski definition) is 1. The highest BCUT2D eigenvalue weighted by Gasteiger charge is 2.20. The van der Waals surface area contributed by atoms with Crippen molar-refractivity contribution in [1.29, 1.82) is 0 Å². The minimum atomic E-state index is -0.214. The second kappa shape index (κ2) is 5.70. The summed E-state index contributed by atoms with van der Waals surface area (Å²) in [4.78, 5) is 13.7. The van der Waals surface area contributed by atoms with Crippen LogP contribution in [0.15, 0.2) is 21.7 Å². The van der Waals surface area contributed by atoms with Crippen LogP contribution in [0.5, 0.6) is 0 Å². The van der Waals surface area contributed by atoms with Gasteiger partial charge in [-0.3, -0.25) is 4.79 Å². The lowest BCUT2D eigenvalue weighted by molar-refractivity contribution is -0.130. The topological polar surface area (TPSA) is 40.5 Å². The van der Waals surface area contributed by atoms with Gasteiger partial charge in [0.05, 0.1) is 16.1 Å². The first kappa shape index (κ1) is 12.0. The third-order valence-electron chi connectivity index (χ3n) is 2.65. The molecule has 0 radical (unpaired) electrons. The van der Waals surface area contributed by atoms with Gasteiger partial charge in [-0.25, -0.2) is 0 Å². The Balaban J connectivity index is 1.75. The van der Waals surface area contributed by atoms with Crippen LogP contribution >= 0.6 is 23.1 Å². The third kappa shape index (κ3) is 3.23. The Labute approximate surface area is 103 Å².